The molecule has 2 amide bonds. The number of nitrogens with two attached hydrogens (primary N) is 1. The van der Waals surface area contributed by atoms with E-state index < -0.39 is 23.5 Å². The van der Waals surface area contributed by atoms with Crippen LogP contribution in [0.1, 0.15) is 42.7 Å². The number of piperidine rings is 1. The number of rotatable bonds is 5. The normalized spacial score (nSPS) is 23.2. The van der Waals surface area contributed by atoms with Crippen molar-refractivity contribution in [2.45, 2.75) is 50.2 Å². The molecule has 6 rings (SSSR count). The lowest BCUT2D eigenvalue weighted by molar-refractivity contribution is -0.134. The van der Waals surface area contributed by atoms with Crippen molar-refractivity contribution in [3.05, 3.63) is 65.2 Å². The van der Waals surface area contributed by atoms with Gasteiger partial charge in [0.1, 0.15) is 17.4 Å². The highest BCUT2D eigenvalue weighted by molar-refractivity contribution is 6.00. The summed E-state index contributed by atoms with van der Waals surface area (Å²) in [7, 11) is 0. The molecule has 3 fully saturated rings. The van der Waals surface area contributed by atoms with Crippen LogP contribution in [0.25, 0.3) is 11.3 Å². The second-order valence-corrected chi connectivity index (χ2v) is 10.5. The number of carbonyl (C=O) groups excluding carboxylic acids is 2. The molecule has 0 saturated carbocycles. The second kappa shape index (κ2) is 9.88. The van der Waals surface area contributed by atoms with Gasteiger partial charge in [0.15, 0.2) is 5.82 Å². The van der Waals surface area contributed by atoms with Crippen molar-refractivity contribution in [2.24, 2.45) is 0 Å². The summed E-state index contributed by atoms with van der Waals surface area (Å²) in [6.45, 7) is 1.93. The van der Waals surface area contributed by atoms with Gasteiger partial charge in [0.25, 0.3) is 0 Å². The minimum atomic E-state index is -0.657. The molecule has 3 unspecified atom stereocenters. The zero-order valence-electron chi connectivity index (χ0n) is 21.1. The van der Waals surface area contributed by atoms with Crippen LogP contribution >= 0.6 is 0 Å². The third-order valence-electron chi connectivity index (χ3n) is 8.05. The highest BCUT2D eigenvalue weighted by Crippen LogP contribution is 2.38. The molecule has 3 saturated heterocycles. The number of hydrogen-bond donors (Lipinski definition) is 3. The summed E-state index contributed by atoms with van der Waals surface area (Å²) in [6, 6.07) is 10.8. The van der Waals surface area contributed by atoms with Crippen molar-refractivity contribution in [3.63, 3.8) is 0 Å². The molecule has 2 bridgehead atoms. The van der Waals surface area contributed by atoms with E-state index in [4.69, 9.17) is 5.73 Å². The molecular formula is C28H28F2N6O3. The van der Waals surface area contributed by atoms with Crippen molar-refractivity contribution < 1.29 is 23.5 Å². The first-order valence-electron chi connectivity index (χ1n) is 13.0. The first kappa shape index (κ1) is 25.2. The van der Waals surface area contributed by atoms with Crippen molar-refractivity contribution >= 4 is 23.3 Å². The SMILES string of the molecule is Nc1nnc(-c2cc(F)ccc2O)cc1N1CC2CCC(C1)N2Cc1ccc(C2CCC(=O)NC2=O)c(F)c1. The maximum atomic E-state index is 15.1. The van der Waals surface area contributed by atoms with Gasteiger partial charge in [-0.25, -0.2) is 8.78 Å². The van der Waals surface area contributed by atoms with E-state index in [9.17, 15) is 19.1 Å². The van der Waals surface area contributed by atoms with E-state index in [1.165, 1.54) is 24.3 Å². The van der Waals surface area contributed by atoms with Gasteiger partial charge in [-0.2, -0.15) is 0 Å². The summed E-state index contributed by atoms with van der Waals surface area (Å²) < 4.78 is 28.9. The highest BCUT2D eigenvalue weighted by atomic mass is 19.1. The average molecular weight is 535 g/mol. The number of nitrogens with one attached hydrogen (secondary N) is 1. The number of imide groups is 1. The molecule has 39 heavy (non-hydrogen) atoms. The Morgan fingerprint density at radius 3 is 2.49 bits per heavy atom. The van der Waals surface area contributed by atoms with Crippen molar-refractivity contribution in [1.29, 1.82) is 0 Å². The first-order valence-corrected chi connectivity index (χ1v) is 13.0. The number of phenols is 1. The van der Waals surface area contributed by atoms with Crippen LogP contribution < -0.4 is 16.0 Å². The Hall–Kier alpha value is -4.12. The number of fused-ring (bicyclic) bond motifs is 2. The number of carbonyl (C=O) groups is 2. The maximum absolute atomic E-state index is 15.1. The van der Waals surface area contributed by atoms with Crippen LogP contribution in [0, 0.1) is 11.6 Å². The van der Waals surface area contributed by atoms with Gasteiger partial charge in [0.2, 0.25) is 11.8 Å². The van der Waals surface area contributed by atoms with Gasteiger partial charge >= 0.3 is 0 Å². The fourth-order valence-electron chi connectivity index (χ4n) is 6.09. The summed E-state index contributed by atoms with van der Waals surface area (Å²) in [6.07, 6.45) is 2.47. The molecule has 0 radical (unpaired) electrons. The Morgan fingerprint density at radius 1 is 1.00 bits per heavy atom. The van der Waals surface area contributed by atoms with E-state index in [-0.39, 0.29) is 41.5 Å². The number of hydrogen-bond acceptors (Lipinski definition) is 8. The van der Waals surface area contributed by atoms with E-state index in [0.29, 0.717) is 43.0 Å². The lowest BCUT2D eigenvalue weighted by Gasteiger charge is -2.42. The molecular weight excluding hydrogens is 506 g/mol. The number of nitrogens with zero attached hydrogens (tertiary/aromatic N) is 4. The van der Waals surface area contributed by atoms with E-state index in [1.807, 2.05) is 6.07 Å². The number of aromatic hydroxyl groups is 1. The fourth-order valence-corrected chi connectivity index (χ4v) is 6.09. The van der Waals surface area contributed by atoms with Crippen LogP contribution in [-0.4, -0.2) is 57.2 Å². The van der Waals surface area contributed by atoms with Crippen LogP contribution in [-0.2, 0) is 16.1 Å². The van der Waals surface area contributed by atoms with Crippen LogP contribution in [0.4, 0.5) is 20.3 Å². The number of aromatic nitrogens is 2. The highest BCUT2D eigenvalue weighted by Gasteiger charge is 2.40. The fraction of sp³-hybridized carbons (Fsp3) is 0.357. The average Bonchev–Trinajstić information content (AvgIpc) is 3.12. The van der Waals surface area contributed by atoms with Gasteiger partial charge in [0, 0.05) is 49.3 Å². The number of benzene rings is 2. The number of amides is 2. The Kier molecular flexibility index (Phi) is 6.38. The lowest BCUT2D eigenvalue weighted by Crippen LogP contribution is -2.53. The van der Waals surface area contributed by atoms with Gasteiger partial charge in [-0.3, -0.25) is 19.8 Å². The smallest absolute Gasteiger partial charge is 0.234 e. The monoisotopic (exact) mass is 534 g/mol. The van der Waals surface area contributed by atoms with Gasteiger partial charge in [-0.1, -0.05) is 12.1 Å². The Morgan fingerprint density at radius 2 is 1.77 bits per heavy atom. The third-order valence-corrected chi connectivity index (χ3v) is 8.05. The molecule has 1 aromatic heterocycles. The summed E-state index contributed by atoms with van der Waals surface area (Å²) in [5.74, 6) is -2.19. The summed E-state index contributed by atoms with van der Waals surface area (Å²) >= 11 is 0. The number of halogens is 2. The minimum absolute atomic E-state index is 0.0952. The Labute approximate surface area is 223 Å². The predicted molar refractivity (Wildman–Crippen MR) is 140 cm³/mol. The standard InChI is InChI=1S/C28H28F2N6O3/c29-16-2-7-25(37)21(10-16)23-11-24(27(31)34-33-23)35-13-17-3-4-18(14-35)36(17)12-15-1-5-19(22(30)9-15)20-6-8-26(38)32-28(20)39/h1-2,5,7,9-11,17-18,20,37H,3-4,6,8,12-14H2,(H2,31,34)(H,32,38,39). The van der Waals surface area contributed by atoms with Crippen molar-refractivity contribution in [3.8, 4) is 17.0 Å². The van der Waals surface area contributed by atoms with E-state index in [2.05, 4.69) is 25.3 Å². The number of anilines is 2. The first-order chi connectivity index (χ1) is 18.8. The van der Waals surface area contributed by atoms with Crippen LogP contribution in [0.5, 0.6) is 5.75 Å². The van der Waals surface area contributed by atoms with Crippen molar-refractivity contribution in [2.75, 3.05) is 23.7 Å². The van der Waals surface area contributed by atoms with E-state index in [1.54, 1.807) is 12.1 Å². The number of nitrogen functional groups attached to an aromatic ring is 1. The molecule has 202 valence electrons. The largest absolute Gasteiger partial charge is 0.507 e. The molecule has 0 spiro atoms. The van der Waals surface area contributed by atoms with Crippen LogP contribution in [0.3, 0.4) is 0 Å². The molecule has 4 N–H and O–H groups in total. The van der Waals surface area contributed by atoms with Crippen molar-refractivity contribution in [1.82, 2.24) is 20.4 Å². The lowest BCUT2D eigenvalue weighted by atomic mass is 9.89. The summed E-state index contributed by atoms with van der Waals surface area (Å²) in [5.41, 5.74) is 8.59. The number of phenolic OH excluding ortho intramolecular Hbond substituents is 1. The molecule has 3 aliphatic rings. The number of piperazine rings is 1. The summed E-state index contributed by atoms with van der Waals surface area (Å²) in [5, 5.41) is 20.7. The van der Waals surface area contributed by atoms with Crippen LogP contribution in [0.15, 0.2) is 42.5 Å². The second-order valence-electron chi connectivity index (χ2n) is 10.5. The van der Waals surface area contributed by atoms with E-state index in [0.717, 1.165) is 18.4 Å². The quantitative estimate of drug-likeness (QED) is 0.427. The molecule has 2 aromatic carbocycles. The molecule has 3 aromatic rings. The van der Waals surface area contributed by atoms with Gasteiger partial charge in [0.05, 0.1) is 17.3 Å². The predicted octanol–water partition coefficient (Wildman–Crippen LogP) is 3.08. The molecule has 3 aliphatic heterocycles. The molecule has 11 heteroatoms. The van der Waals surface area contributed by atoms with Gasteiger partial charge < -0.3 is 15.7 Å². The third kappa shape index (κ3) is 4.78. The molecule has 0 aliphatic carbocycles. The molecule has 3 atom stereocenters. The summed E-state index contributed by atoms with van der Waals surface area (Å²) in [4.78, 5) is 28.2. The van der Waals surface area contributed by atoms with Gasteiger partial charge in [-0.15, -0.1) is 10.2 Å². The minimum Gasteiger partial charge on any atom is -0.507 e. The maximum Gasteiger partial charge on any atom is 0.234 e. The topological polar surface area (TPSA) is 125 Å². The molecule has 9 nitrogen and oxygen atoms in total. The Balaban J connectivity index is 1.18. The zero-order chi connectivity index (χ0) is 27.3. The van der Waals surface area contributed by atoms with Gasteiger partial charge in [-0.05, 0) is 55.2 Å². The van der Waals surface area contributed by atoms with E-state index >= 15 is 4.39 Å². The zero-order valence-corrected chi connectivity index (χ0v) is 21.1. The van der Waals surface area contributed by atoms with Crippen LogP contribution in [0.2, 0.25) is 0 Å². The molecule has 4 heterocycles. The Bertz CT molecular complexity index is 1450.